The van der Waals surface area contributed by atoms with Gasteiger partial charge in [-0.05, 0) is 72.2 Å². The average Bonchev–Trinajstić information content (AvgIpc) is 3.26. The Morgan fingerprint density at radius 2 is 2.00 bits per heavy atom. The molecule has 0 fully saturated rings. The van der Waals surface area contributed by atoms with Gasteiger partial charge in [-0.2, -0.15) is 0 Å². The minimum atomic E-state index is -0.582. The molecule has 2 N–H and O–H groups in total. The molecule has 0 saturated carbocycles. The molecule has 3 atom stereocenters. The zero-order valence-corrected chi connectivity index (χ0v) is 19.8. The molecule has 1 aromatic heterocycles. The van der Waals surface area contributed by atoms with E-state index in [9.17, 15) is 9.90 Å². The van der Waals surface area contributed by atoms with E-state index in [0.717, 1.165) is 18.4 Å². The number of aromatic nitrogens is 1. The van der Waals surface area contributed by atoms with Crippen molar-refractivity contribution in [1.82, 2.24) is 4.98 Å². The summed E-state index contributed by atoms with van der Waals surface area (Å²) in [4.78, 5) is 17.2. The van der Waals surface area contributed by atoms with Crippen LogP contribution in [0.15, 0.2) is 78.8 Å². The Morgan fingerprint density at radius 3 is 2.80 bits per heavy atom. The van der Waals surface area contributed by atoms with Gasteiger partial charge in [-0.15, -0.1) is 0 Å². The first-order chi connectivity index (χ1) is 17.2. The number of aliphatic hydroxyl groups excluding tert-OH is 1. The molecule has 2 aromatic carbocycles. The van der Waals surface area contributed by atoms with Crippen LogP contribution in [0.25, 0.3) is 11.1 Å². The van der Waals surface area contributed by atoms with Crippen molar-refractivity contribution in [1.29, 1.82) is 0 Å². The van der Waals surface area contributed by atoms with Crippen molar-refractivity contribution < 1.29 is 19.4 Å². The molecule has 3 aromatic rings. The molecule has 5 rings (SSSR count). The van der Waals surface area contributed by atoms with Gasteiger partial charge >= 0.3 is 0 Å². The maximum absolute atomic E-state index is 13.1. The Hall–Kier alpha value is -3.48. The number of fused-ring (bicyclic) bond motifs is 3. The topological polar surface area (TPSA) is 80.7 Å². The van der Waals surface area contributed by atoms with E-state index in [-0.39, 0.29) is 30.1 Å². The van der Waals surface area contributed by atoms with Crippen LogP contribution in [0.3, 0.4) is 0 Å². The third-order valence-corrected chi connectivity index (χ3v) is 6.76. The van der Waals surface area contributed by atoms with Crippen molar-refractivity contribution >= 4 is 11.6 Å². The van der Waals surface area contributed by atoms with Crippen LogP contribution in [-0.2, 0) is 20.7 Å². The quantitative estimate of drug-likeness (QED) is 0.377. The SMILES string of the molecule is CCO[C@H]1OC(C(=O)Nc2cccnc2)=C[C@@H](c2ccc3c(c2)Cc2ccccc2-3)[C@H]1CCCO. The Bertz CT molecular complexity index is 1220. The summed E-state index contributed by atoms with van der Waals surface area (Å²) in [5.74, 6) is -0.211. The van der Waals surface area contributed by atoms with E-state index >= 15 is 0 Å². The maximum atomic E-state index is 13.1. The van der Waals surface area contributed by atoms with Crippen molar-refractivity contribution in [2.24, 2.45) is 5.92 Å². The van der Waals surface area contributed by atoms with Gasteiger partial charge in [-0.3, -0.25) is 9.78 Å². The van der Waals surface area contributed by atoms with E-state index in [1.165, 1.54) is 22.3 Å². The Labute approximate surface area is 205 Å². The van der Waals surface area contributed by atoms with Gasteiger partial charge in [-0.25, -0.2) is 0 Å². The molecule has 0 radical (unpaired) electrons. The number of hydrogen-bond donors (Lipinski definition) is 2. The number of nitrogens with one attached hydrogen (secondary N) is 1. The van der Waals surface area contributed by atoms with Crippen LogP contribution >= 0.6 is 0 Å². The first-order valence-corrected chi connectivity index (χ1v) is 12.2. The summed E-state index contributed by atoms with van der Waals surface area (Å²) in [5.41, 5.74) is 6.91. The van der Waals surface area contributed by atoms with Crippen LogP contribution in [0.2, 0.25) is 0 Å². The molecule has 0 bridgehead atoms. The zero-order chi connectivity index (χ0) is 24.2. The number of nitrogens with zero attached hydrogens (tertiary/aromatic N) is 1. The van der Waals surface area contributed by atoms with Crippen molar-refractivity contribution in [2.45, 2.75) is 38.4 Å². The van der Waals surface area contributed by atoms with E-state index in [0.29, 0.717) is 18.7 Å². The van der Waals surface area contributed by atoms with Gasteiger partial charge in [0, 0.05) is 31.2 Å². The molecule has 0 saturated heterocycles. The van der Waals surface area contributed by atoms with Gasteiger partial charge < -0.3 is 19.9 Å². The number of carbonyl (C=O) groups excluding carboxylic acids is 1. The number of aliphatic hydroxyl groups is 1. The highest BCUT2D eigenvalue weighted by molar-refractivity contribution is 6.02. The molecule has 180 valence electrons. The highest BCUT2D eigenvalue weighted by Gasteiger charge is 2.38. The van der Waals surface area contributed by atoms with E-state index in [2.05, 4.69) is 52.8 Å². The summed E-state index contributed by atoms with van der Waals surface area (Å²) < 4.78 is 12.1. The number of carbonyl (C=O) groups is 1. The number of amides is 1. The lowest BCUT2D eigenvalue weighted by atomic mass is 9.80. The average molecular weight is 471 g/mol. The van der Waals surface area contributed by atoms with Crippen molar-refractivity contribution in [2.75, 3.05) is 18.5 Å². The normalized spacial score (nSPS) is 20.4. The summed E-state index contributed by atoms with van der Waals surface area (Å²) in [6, 6.07) is 18.7. The molecule has 6 nitrogen and oxygen atoms in total. The molecule has 0 spiro atoms. The summed E-state index contributed by atoms with van der Waals surface area (Å²) >= 11 is 0. The number of anilines is 1. The highest BCUT2D eigenvalue weighted by Crippen LogP contribution is 2.43. The van der Waals surface area contributed by atoms with Crippen LogP contribution in [0.5, 0.6) is 0 Å². The fourth-order valence-electron chi connectivity index (χ4n) is 5.15. The van der Waals surface area contributed by atoms with Gasteiger partial charge in [0.05, 0.1) is 11.9 Å². The fourth-order valence-corrected chi connectivity index (χ4v) is 5.15. The largest absolute Gasteiger partial charge is 0.459 e. The minimum Gasteiger partial charge on any atom is -0.459 e. The van der Waals surface area contributed by atoms with Crippen molar-refractivity contribution in [3.05, 3.63) is 95.5 Å². The van der Waals surface area contributed by atoms with Crippen LogP contribution in [0.1, 0.15) is 42.4 Å². The number of ether oxygens (including phenoxy) is 2. The second kappa shape index (κ2) is 10.4. The third kappa shape index (κ3) is 4.85. The summed E-state index contributed by atoms with van der Waals surface area (Å²) in [6.45, 7) is 2.48. The van der Waals surface area contributed by atoms with Gasteiger partial charge in [0.2, 0.25) is 6.29 Å². The molecule has 35 heavy (non-hydrogen) atoms. The monoisotopic (exact) mass is 470 g/mol. The first kappa shape index (κ1) is 23.3. The van der Waals surface area contributed by atoms with E-state index in [1.54, 1.807) is 24.5 Å². The molecule has 6 heteroatoms. The molecule has 2 aliphatic rings. The lowest BCUT2D eigenvalue weighted by Crippen LogP contribution is -2.37. The van der Waals surface area contributed by atoms with Crippen LogP contribution < -0.4 is 5.32 Å². The van der Waals surface area contributed by atoms with E-state index in [1.807, 2.05) is 13.0 Å². The fraction of sp³-hybridized carbons (Fsp3) is 0.310. The Balaban J connectivity index is 1.50. The number of allylic oxidation sites excluding steroid dienone is 1. The highest BCUT2D eigenvalue weighted by atomic mass is 16.7. The predicted octanol–water partition coefficient (Wildman–Crippen LogP) is 5.04. The van der Waals surface area contributed by atoms with E-state index in [4.69, 9.17) is 9.47 Å². The van der Waals surface area contributed by atoms with Gasteiger partial charge in [0.25, 0.3) is 5.91 Å². The Kier molecular flexibility index (Phi) is 6.93. The second-order valence-corrected chi connectivity index (χ2v) is 8.97. The summed E-state index contributed by atoms with van der Waals surface area (Å²) in [6.07, 6.45) is 6.84. The van der Waals surface area contributed by atoms with Crippen molar-refractivity contribution in [3.63, 3.8) is 0 Å². The Morgan fingerprint density at radius 1 is 1.14 bits per heavy atom. The molecule has 1 aliphatic heterocycles. The number of hydrogen-bond acceptors (Lipinski definition) is 5. The van der Waals surface area contributed by atoms with Gasteiger partial charge in [0.15, 0.2) is 5.76 Å². The standard InChI is InChI=1S/C29H30N2O4/c1-2-34-29-25(10-6-14-32)26(17-27(35-29)28(33)31-22-8-5-13-30-18-22)20-11-12-24-21(16-20)15-19-7-3-4-9-23(19)24/h3-5,7-9,11-13,16-18,25-26,29,32H,2,6,10,14-15H2,1H3,(H,31,33)/t25-,26+,29+/m1/s1. The van der Waals surface area contributed by atoms with Crippen LogP contribution in [0, 0.1) is 5.92 Å². The third-order valence-electron chi connectivity index (χ3n) is 6.76. The molecule has 2 heterocycles. The lowest BCUT2D eigenvalue weighted by molar-refractivity contribution is -0.165. The second-order valence-electron chi connectivity index (χ2n) is 8.97. The van der Waals surface area contributed by atoms with Crippen LogP contribution in [0.4, 0.5) is 5.69 Å². The minimum absolute atomic E-state index is 0.0288. The predicted molar refractivity (Wildman–Crippen MR) is 135 cm³/mol. The number of rotatable bonds is 8. The van der Waals surface area contributed by atoms with Gasteiger partial charge in [0.1, 0.15) is 0 Å². The molecule has 1 aliphatic carbocycles. The number of benzene rings is 2. The number of pyridine rings is 1. The van der Waals surface area contributed by atoms with Crippen LogP contribution in [-0.4, -0.2) is 35.5 Å². The molecular formula is C29H30N2O4. The summed E-state index contributed by atoms with van der Waals surface area (Å²) in [5, 5.41) is 12.4. The lowest BCUT2D eigenvalue weighted by Gasteiger charge is -2.37. The van der Waals surface area contributed by atoms with Crippen molar-refractivity contribution in [3.8, 4) is 11.1 Å². The van der Waals surface area contributed by atoms with Gasteiger partial charge in [-0.1, -0.05) is 42.5 Å². The molecule has 1 amide bonds. The molecular weight excluding hydrogens is 440 g/mol. The summed E-state index contributed by atoms with van der Waals surface area (Å²) in [7, 11) is 0. The van der Waals surface area contributed by atoms with E-state index < -0.39 is 6.29 Å². The smallest absolute Gasteiger partial charge is 0.290 e. The molecule has 0 unspecified atom stereocenters. The zero-order valence-electron chi connectivity index (χ0n) is 19.8. The maximum Gasteiger partial charge on any atom is 0.290 e. The first-order valence-electron chi connectivity index (χ1n) is 12.2.